The van der Waals surface area contributed by atoms with E-state index in [1.807, 2.05) is 31.2 Å². The van der Waals surface area contributed by atoms with Gasteiger partial charge in [0.15, 0.2) is 5.82 Å². The van der Waals surface area contributed by atoms with Crippen LogP contribution in [0.15, 0.2) is 41.7 Å². The van der Waals surface area contributed by atoms with Crippen molar-refractivity contribution in [3.05, 3.63) is 53.0 Å². The van der Waals surface area contributed by atoms with E-state index < -0.39 is 0 Å². The van der Waals surface area contributed by atoms with Gasteiger partial charge in [0.1, 0.15) is 11.8 Å². The van der Waals surface area contributed by atoms with Crippen LogP contribution < -0.4 is 15.4 Å². The average molecular weight is 375 g/mol. The van der Waals surface area contributed by atoms with Crippen LogP contribution in [0.3, 0.4) is 0 Å². The van der Waals surface area contributed by atoms with Crippen LogP contribution in [0.1, 0.15) is 5.69 Å². The molecular weight excluding hydrogens is 354 g/mol. The zero-order valence-electron chi connectivity index (χ0n) is 15.9. The first kappa shape index (κ1) is 16.7. The minimum absolute atomic E-state index is 0.0182. The van der Waals surface area contributed by atoms with E-state index in [2.05, 4.69) is 29.7 Å². The Labute approximate surface area is 161 Å². The molecule has 4 aromatic rings. The lowest BCUT2D eigenvalue weighted by Gasteiger charge is -2.36. The summed E-state index contributed by atoms with van der Waals surface area (Å²) in [6.45, 7) is 5.52. The van der Waals surface area contributed by atoms with Crippen molar-refractivity contribution >= 4 is 33.4 Å². The molecule has 0 atom stereocenters. The molecule has 1 aliphatic heterocycles. The molecule has 0 aliphatic carbocycles. The van der Waals surface area contributed by atoms with Gasteiger partial charge in [-0.1, -0.05) is 0 Å². The Morgan fingerprint density at radius 2 is 1.75 bits per heavy atom. The van der Waals surface area contributed by atoms with Crippen molar-refractivity contribution in [2.24, 2.45) is 7.05 Å². The molecule has 0 amide bonds. The lowest BCUT2D eigenvalue weighted by Crippen LogP contribution is -2.47. The molecule has 0 spiro atoms. The summed E-state index contributed by atoms with van der Waals surface area (Å²) in [6, 6.07) is 7.94. The number of H-pyrrole nitrogens is 1. The molecule has 0 unspecified atom stereocenters. The third kappa shape index (κ3) is 2.69. The normalized spacial score (nSPS) is 14.9. The maximum absolute atomic E-state index is 12.2. The summed E-state index contributed by atoms with van der Waals surface area (Å²) in [5, 5.41) is 0.651. The number of benzene rings is 1. The van der Waals surface area contributed by atoms with E-state index >= 15 is 0 Å². The minimum atomic E-state index is -0.0182. The fourth-order valence-corrected chi connectivity index (χ4v) is 3.87. The maximum Gasteiger partial charge on any atom is 0.260 e. The van der Waals surface area contributed by atoms with E-state index in [1.54, 1.807) is 19.7 Å². The van der Waals surface area contributed by atoms with Crippen molar-refractivity contribution in [2.45, 2.75) is 6.92 Å². The van der Waals surface area contributed by atoms with Crippen LogP contribution in [0.5, 0.6) is 0 Å². The summed E-state index contributed by atoms with van der Waals surface area (Å²) in [7, 11) is 1.72. The van der Waals surface area contributed by atoms with Crippen LogP contribution in [0.25, 0.3) is 21.9 Å². The molecule has 1 N–H and O–H groups in total. The number of nitrogens with one attached hydrogen (secondary N) is 1. The van der Waals surface area contributed by atoms with E-state index in [9.17, 15) is 4.79 Å². The first-order valence-corrected chi connectivity index (χ1v) is 9.36. The highest BCUT2D eigenvalue weighted by Gasteiger charge is 2.21. The first-order valence-electron chi connectivity index (χ1n) is 9.36. The summed E-state index contributed by atoms with van der Waals surface area (Å²) < 4.78 is 1.51. The second-order valence-electron chi connectivity index (χ2n) is 7.25. The molecule has 0 saturated carbocycles. The fraction of sp³-hybridized carbons (Fsp3) is 0.300. The summed E-state index contributed by atoms with van der Waals surface area (Å²) >= 11 is 0. The van der Waals surface area contributed by atoms with E-state index in [0.29, 0.717) is 5.39 Å². The average Bonchev–Trinajstić information content (AvgIpc) is 3.11. The topological polar surface area (TPSA) is 82.9 Å². The number of hydrogen-bond donors (Lipinski definition) is 1. The number of nitrogens with zero attached hydrogens (tertiary/aromatic N) is 6. The molecule has 5 rings (SSSR count). The molecular formula is C20H21N7O. The zero-order chi connectivity index (χ0) is 19.3. The van der Waals surface area contributed by atoms with Gasteiger partial charge in [-0.3, -0.25) is 4.79 Å². The lowest BCUT2D eigenvalue weighted by molar-refractivity contribution is 0.648. The first-order chi connectivity index (χ1) is 13.6. The molecule has 28 heavy (non-hydrogen) atoms. The Bertz CT molecular complexity index is 1230. The van der Waals surface area contributed by atoms with Crippen molar-refractivity contribution in [3.63, 3.8) is 0 Å². The van der Waals surface area contributed by atoms with Gasteiger partial charge in [-0.25, -0.2) is 15.0 Å². The van der Waals surface area contributed by atoms with Gasteiger partial charge >= 0.3 is 0 Å². The molecule has 0 bridgehead atoms. The number of anilines is 2. The number of piperazine rings is 1. The van der Waals surface area contributed by atoms with Crippen LogP contribution in [0, 0.1) is 6.92 Å². The predicted molar refractivity (Wildman–Crippen MR) is 110 cm³/mol. The molecule has 0 radical (unpaired) electrons. The van der Waals surface area contributed by atoms with Gasteiger partial charge in [0.25, 0.3) is 5.56 Å². The van der Waals surface area contributed by atoms with Crippen LogP contribution >= 0.6 is 0 Å². The Balaban J connectivity index is 1.39. The summed E-state index contributed by atoms with van der Waals surface area (Å²) in [6.07, 6.45) is 3.21. The number of aromatic nitrogens is 5. The number of rotatable bonds is 2. The van der Waals surface area contributed by atoms with E-state index in [1.165, 1.54) is 4.57 Å². The van der Waals surface area contributed by atoms with Gasteiger partial charge < -0.3 is 19.4 Å². The smallest absolute Gasteiger partial charge is 0.260 e. The largest absolute Gasteiger partial charge is 0.368 e. The molecule has 1 aliphatic rings. The highest BCUT2D eigenvalue weighted by atomic mass is 16.1. The van der Waals surface area contributed by atoms with Gasteiger partial charge in [-0.2, -0.15) is 0 Å². The summed E-state index contributed by atoms with van der Waals surface area (Å²) in [5.41, 5.74) is 4.85. The second-order valence-corrected chi connectivity index (χ2v) is 7.25. The Hall–Kier alpha value is -3.42. The molecule has 1 aromatic carbocycles. The minimum Gasteiger partial charge on any atom is -0.368 e. The predicted octanol–water partition coefficient (Wildman–Crippen LogP) is 1.84. The van der Waals surface area contributed by atoms with E-state index in [0.717, 1.165) is 59.9 Å². The van der Waals surface area contributed by atoms with Gasteiger partial charge in [0.05, 0.1) is 22.7 Å². The fourth-order valence-electron chi connectivity index (χ4n) is 3.87. The summed E-state index contributed by atoms with van der Waals surface area (Å²) in [4.78, 5) is 33.5. The van der Waals surface area contributed by atoms with Crippen molar-refractivity contribution in [1.29, 1.82) is 0 Å². The third-order valence-electron chi connectivity index (χ3n) is 5.38. The van der Waals surface area contributed by atoms with Crippen molar-refractivity contribution < 1.29 is 0 Å². The molecule has 8 heteroatoms. The van der Waals surface area contributed by atoms with Crippen molar-refractivity contribution in [2.75, 3.05) is 36.0 Å². The second kappa shape index (κ2) is 6.33. The highest BCUT2D eigenvalue weighted by molar-refractivity contribution is 5.87. The maximum atomic E-state index is 12.2. The highest BCUT2D eigenvalue weighted by Crippen LogP contribution is 2.26. The van der Waals surface area contributed by atoms with Crippen molar-refractivity contribution in [1.82, 2.24) is 24.5 Å². The number of aromatic amines is 1. The standard InChI is InChI=1S/C20H21N7O/c1-13-9-17-18(24-13)19(22-11-21-17)27-7-5-26(6-8-27)14-3-4-15-16(10-14)23-12-25(2)20(15)28/h3-4,9-12,24H,5-8H2,1-2H3. The third-order valence-corrected chi connectivity index (χ3v) is 5.38. The lowest BCUT2D eigenvalue weighted by atomic mass is 10.2. The van der Waals surface area contributed by atoms with Crippen LogP contribution in [-0.4, -0.2) is 50.7 Å². The molecule has 8 nitrogen and oxygen atoms in total. The van der Waals surface area contributed by atoms with E-state index in [-0.39, 0.29) is 5.56 Å². The Morgan fingerprint density at radius 1 is 0.964 bits per heavy atom. The Kier molecular flexibility index (Phi) is 3.78. The SMILES string of the molecule is Cc1cc2ncnc(N3CCN(c4ccc5c(=O)n(C)cnc5c4)CC3)c2[nH]1. The quantitative estimate of drug-likeness (QED) is 0.576. The van der Waals surface area contributed by atoms with Gasteiger partial charge in [-0.15, -0.1) is 0 Å². The molecule has 4 heterocycles. The molecule has 1 saturated heterocycles. The van der Waals surface area contributed by atoms with Crippen molar-refractivity contribution in [3.8, 4) is 0 Å². The van der Waals surface area contributed by atoms with Crippen LogP contribution in [0.4, 0.5) is 11.5 Å². The van der Waals surface area contributed by atoms with Gasteiger partial charge in [0, 0.05) is 44.6 Å². The zero-order valence-corrected chi connectivity index (χ0v) is 15.9. The van der Waals surface area contributed by atoms with Gasteiger partial charge in [0.2, 0.25) is 0 Å². The molecule has 3 aromatic heterocycles. The number of fused-ring (bicyclic) bond motifs is 2. The van der Waals surface area contributed by atoms with Crippen LogP contribution in [0.2, 0.25) is 0 Å². The number of aryl methyl sites for hydroxylation is 2. The Morgan fingerprint density at radius 3 is 2.57 bits per heavy atom. The van der Waals surface area contributed by atoms with Crippen LogP contribution in [-0.2, 0) is 7.05 Å². The molecule has 1 fully saturated rings. The van der Waals surface area contributed by atoms with Gasteiger partial charge in [-0.05, 0) is 31.2 Å². The summed E-state index contributed by atoms with van der Waals surface area (Å²) in [5.74, 6) is 0.960. The van der Waals surface area contributed by atoms with E-state index in [4.69, 9.17) is 0 Å². The molecule has 142 valence electrons. The monoisotopic (exact) mass is 375 g/mol. The number of hydrogen-bond acceptors (Lipinski definition) is 6.